The number of ketones is 1. The number of carboxylic acids is 1. The van der Waals surface area contributed by atoms with Crippen LogP contribution in [0.25, 0.3) is 22.5 Å². The van der Waals surface area contributed by atoms with Gasteiger partial charge < -0.3 is 22.3 Å². The number of nitrogens with one attached hydrogen (secondary N) is 2. The molecule has 0 fully saturated rings. The lowest BCUT2D eigenvalue weighted by Crippen LogP contribution is -2.28. The van der Waals surface area contributed by atoms with Crippen molar-refractivity contribution in [1.82, 2.24) is 29.4 Å². The van der Waals surface area contributed by atoms with Crippen LogP contribution in [0.5, 0.6) is 0 Å². The summed E-state index contributed by atoms with van der Waals surface area (Å²) >= 11 is 0. The fourth-order valence-electron chi connectivity index (χ4n) is 5.25. The summed E-state index contributed by atoms with van der Waals surface area (Å²) in [4.78, 5) is 60.0. The lowest BCUT2D eigenvalue weighted by molar-refractivity contribution is -0.118. The van der Waals surface area contributed by atoms with Gasteiger partial charge in [0.05, 0.1) is 23.8 Å². The Morgan fingerprint density at radius 2 is 1.03 bits per heavy atom. The SMILES string of the molecule is CC(=O)NS(=O)(=O)c1ccc(CC(=O)c2nc(-c3ccc(C)cc3)cnc2N)cc1F.CC(=O)NS(=O)(=O)c1ccc(N)cc1F.Cc1ccc(-c2cnc(N)c(C(=O)O)n2)cc1. The Labute approximate surface area is 359 Å². The standard InChI is InChI=1S/C21H19FN4O4S.C12H11N3O2.C8H9FN2O3S/c1-12-3-6-15(7-4-12)17-11-24-21(23)20(25-17)18(28)10-14-5-8-19(16(22)9-14)31(29,30)26-13(2)27;1-7-2-4-8(5-3-7)9-6-14-11(13)10(15-9)12(16)17;1-5(12)11-15(13,14)8-3-2-6(10)4-7(8)9/h3-9,11H,10H2,1-2H3,(H2,23,24)(H,26,27);2-6H,1H3,(H2,13,14)(H,16,17);2-4H,10H2,1H3,(H,11,12). The molecule has 9 N–H and O–H groups in total. The molecule has 0 aliphatic heterocycles. The number of rotatable bonds is 10. The normalized spacial score (nSPS) is 10.9. The van der Waals surface area contributed by atoms with Crippen molar-refractivity contribution in [1.29, 1.82) is 0 Å². The van der Waals surface area contributed by atoms with Gasteiger partial charge in [-0.05, 0) is 49.7 Å². The summed E-state index contributed by atoms with van der Waals surface area (Å²) in [6.07, 6.45) is 2.65. The van der Waals surface area contributed by atoms with E-state index in [4.69, 9.17) is 22.3 Å². The number of aromatic carboxylic acids is 1. The molecule has 63 heavy (non-hydrogen) atoms. The molecule has 0 spiro atoms. The van der Waals surface area contributed by atoms with E-state index in [1.54, 1.807) is 9.44 Å². The van der Waals surface area contributed by atoms with Gasteiger partial charge in [0.1, 0.15) is 27.1 Å². The van der Waals surface area contributed by atoms with Crippen LogP contribution in [0, 0.1) is 25.5 Å². The molecule has 22 heteroatoms. The fraction of sp³-hybridized carbons (Fsp3) is 0.122. The van der Waals surface area contributed by atoms with E-state index < -0.39 is 65.0 Å². The average Bonchev–Trinajstić information content (AvgIpc) is 3.18. The van der Waals surface area contributed by atoms with E-state index in [2.05, 4.69) is 19.9 Å². The second-order valence-electron chi connectivity index (χ2n) is 13.4. The Morgan fingerprint density at radius 3 is 1.44 bits per heavy atom. The number of carbonyl (C=O) groups is 4. The third-order valence-electron chi connectivity index (χ3n) is 8.22. The number of anilines is 3. The molecular formula is C41H39F2N9O9S2. The molecule has 18 nitrogen and oxygen atoms in total. The molecule has 6 rings (SSSR count). The van der Waals surface area contributed by atoms with Crippen molar-refractivity contribution in [2.24, 2.45) is 0 Å². The van der Waals surface area contributed by atoms with Gasteiger partial charge >= 0.3 is 5.97 Å². The van der Waals surface area contributed by atoms with Crippen molar-refractivity contribution >= 4 is 60.9 Å². The number of hydrogen-bond donors (Lipinski definition) is 6. The minimum absolute atomic E-state index is 0.0616. The number of nitrogens with two attached hydrogens (primary N) is 3. The van der Waals surface area contributed by atoms with E-state index in [0.717, 1.165) is 60.4 Å². The van der Waals surface area contributed by atoms with Gasteiger partial charge in [-0.2, -0.15) is 0 Å². The predicted molar refractivity (Wildman–Crippen MR) is 227 cm³/mol. The fourth-order valence-corrected chi connectivity index (χ4v) is 7.35. The maximum atomic E-state index is 14.4. The maximum absolute atomic E-state index is 14.4. The summed E-state index contributed by atoms with van der Waals surface area (Å²) < 4.78 is 77.6. The van der Waals surface area contributed by atoms with Gasteiger partial charge in [-0.15, -0.1) is 0 Å². The molecule has 0 aliphatic rings. The molecule has 0 saturated heterocycles. The largest absolute Gasteiger partial charge is 0.476 e. The molecule has 0 saturated carbocycles. The zero-order chi connectivity index (χ0) is 46.8. The van der Waals surface area contributed by atoms with Gasteiger partial charge in [0, 0.05) is 37.1 Å². The number of carbonyl (C=O) groups excluding carboxylic acids is 3. The molecular weight excluding hydrogens is 865 g/mol. The van der Waals surface area contributed by atoms with Crippen molar-refractivity contribution in [3.63, 3.8) is 0 Å². The molecule has 0 bridgehead atoms. The second kappa shape index (κ2) is 20.2. The summed E-state index contributed by atoms with van der Waals surface area (Å²) in [5, 5.41) is 8.90. The van der Waals surface area contributed by atoms with Crippen molar-refractivity contribution in [3.8, 4) is 22.5 Å². The molecule has 2 amide bonds. The first kappa shape index (κ1) is 48.0. The number of sulfonamides is 2. The lowest BCUT2D eigenvalue weighted by Gasteiger charge is -2.09. The molecule has 0 unspecified atom stereocenters. The Morgan fingerprint density at radius 1 is 0.619 bits per heavy atom. The van der Waals surface area contributed by atoms with Crippen LogP contribution in [0.15, 0.2) is 107 Å². The molecule has 4 aromatic carbocycles. The van der Waals surface area contributed by atoms with Crippen LogP contribution in [-0.2, 0) is 36.1 Å². The third kappa shape index (κ3) is 13.1. The maximum Gasteiger partial charge on any atom is 0.358 e. The van der Waals surface area contributed by atoms with Gasteiger partial charge in [-0.25, -0.2) is 59.8 Å². The van der Waals surface area contributed by atoms with Crippen LogP contribution < -0.4 is 26.6 Å². The van der Waals surface area contributed by atoms with Crippen molar-refractivity contribution < 1.29 is 49.9 Å². The Bertz CT molecular complexity index is 2940. The molecule has 0 aliphatic carbocycles. The van der Waals surface area contributed by atoms with E-state index in [1.165, 1.54) is 24.5 Å². The highest BCUT2D eigenvalue weighted by Crippen LogP contribution is 2.23. The number of benzene rings is 4. The summed E-state index contributed by atoms with van der Waals surface area (Å²) in [6.45, 7) is 5.94. The van der Waals surface area contributed by atoms with Gasteiger partial charge in [-0.3, -0.25) is 14.4 Å². The van der Waals surface area contributed by atoms with Crippen molar-refractivity contribution in [3.05, 3.63) is 137 Å². The van der Waals surface area contributed by atoms with Crippen LogP contribution in [0.4, 0.5) is 26.1 Å². The van der Waals surface area contributed by atoms with E-state index in [-0.39, 0.29) is 40.7 Å². The van der Waals surface area contributed by atoms with E-state index in [1.807, 2.05) is 62.4 Å². The first-order valence-corrected chi connectivity index (χ1v) is 21.0. The summed E-state index contributed by atoms with van der Waals surface area (Å²) in [5.41, 5.74) is 21.2. The minimum atomic E-state index is -4.34. The Balaban J connectivity index is 0.000000229. The highest BCUT2D eigenvalue weighted by Gasteiger charge is 2.23. The van der Waals surface area contributed by atoms with Crippen LogP contribution in [0.1, 0.15) is 51.5 Å². The monoisotopic (exact) mass is 903 g/mol. The first-order chi connectivity index (χ1) is 29.5. The highest BCUT2D eigenvalue weighted by atomic mass is 32.2. The van der Waals surface area contributed by atoms with Gasteiger partial charge in [-0.1, -0.05) is 65.7 Å². The van der Waals surface area contributed by atoms with Crippen molar-refractivity contribution in [2.45, 2.75) is 43.9 Å². The quantitative estimate of drug-likeness (QED) is 0.0820. The van der Waals surface area contributed by atoms with Crippen LogP contribution in [0.2, 0.25) is 0 Å². The molecule has 328 valence electrons. The summed E-state index contributed by atoms with van der Waals surface area (Å²) in [7, 11) is -8.47. The number of aromatic nitrogens is 4. The van der Waals surface area contributed by atoms with E-state index in [0.29, 0.717) is 11.4 Å². The predicted octanol–water partition coefficient (Wildman–Crippen LogP) is 4.39. The molecule has 2 aromatic heterocycles. The minimum Gasteiger partial charge on any atom is -0.476 e. The Kier molecular flexibility index (Phi) is 15.4. The number of nitrogen functional groups attached to an aromatic ring is 3. The number of Topliss-reactive ketones (excluding diaryl/α,β-unsaturated/α-hetero) is 1. The van der Waals surface area contributed by atoms with E-state index >= 15 is 0 Å². The van der Waals surface area contributed by atoms with Crippen LogP contribution in [-0.4, -0.2) is 65.4 Å². The van der Waals surface area contributed by atoms with Crippen molar-refractivity contribution in [2.75, 3.05) is 17.2 Å². The summed E-state index contributed by atoms with van der Waals surface area (Å²) in [6, 6.07) is 21.3. The zero-order valence-electron chi connectivity index (χ0n) is 33.8. The van der Waals surface area contributed by atoms with Gasteiger partial charge in [0.2, 0.25) is 11.8 Å². The first-order valence-electron chi connectivity index (χ1n) is 18.0. The van der Waals surface area contributed by atoms with Gasteiger partial charge in [0.15, 0.2) is 23.1 Å². The molecule has 0 radical (unpaired) electrons. The Hall–Kier alpha value is -7.72. The molecule has 0 atom stereocenters. The lowest BCUT2D eigenvalue weighted by atomic mass is 10.1. The second-order valence-corrected chi connectivity index (χ2v) is 16.7. The van der Waals surface area contributed by atoms with Gasteiger partial charge in [0.25, 0.3) is 20.0 Å². The molecule has 6 aromatic rings. The third-order valence-corrected chi connectivity index (χ3v) is 11.1. The average molecular weight is 904 g/mol. The number of nitrogens with zero attached hydrogens (tertiary/aromatic N) is 4. The topological polar surface area (TPSA) is 310 Å². The zero-order valence-corrected chi connectivity index (χ0v) is 35.4. The highest BCUT2D eigenvalue weighted by molar-refractivity contribution is 7.90. The van der Waals surface area contributed by atoms with E-state index in [9.17, 15) is 44.8 Å². The number of aryl methyl sites for hydroxylation is 2. The summed E-state index contributed by atoms with van der Waals surface area (Å²) in [5.74, 6) is -5.54. The van der Waals surface area contributed by atoms with Crippen LogP contribution in [0.3, 0.4) is 0 Å². The number of carboxylic acid groups (broad SMARTS) is 1. The molecule has 2 heterocycles. The number of halogens is 2. The number of amides is 2. The smallest absolute Gasteiger partial charge is 0.358 e. The van der Waals surface area contributed by atoms with Crippen LogP contribution >= 0.6 is 0 Å². The number of hydrogen-bond acceptors (Lipinski definition) is 15.